The van der Waals surface area contributed by atoms with E-state index in [9.17, 15) is 8.42 Å². The van der Waals surface area contributed by atoms with Crippen molar-refractivity contribution in [1.82, 2.24) is 4.31 Å². The molecule has 3 rings (SSSR count). The van der Waals surface area contributed by atoms with Crippen LogP contribution in [0.25, 0.3) is 0 Å². The predicted molar refractivity (Wildman–Crippen MR) is 98.8 cm³/mol. The van der Waals surface area contributed by atoms with Crippen molar-refractivity contribution in [3.05, 3.63) is 77.9 Å². The summed E-state index contributed by atoms with van der Waals surface area (Å²) in [5.74, 6) is -0.0624. The van der Waals surface area contributed by atoms with Crippen molar-refractivity contribution in [3.8, 4) is 0 Å². The summed E-state index contributed by atoms with van der Waals surface area (Å²) >= 11 is 0. The lowest BCUT2D eigenvalue weighted by Crippen LogP contribution is -2.30. The van der Waals surface area contributed by atoms with Crippen molar-refractivity contribution >= 4 is 10.0 Å². The van der Waals surface area contributed by atoms with E-state index in [1.807, 2.05) is 49.4 Å². The minimum Gasteiger partial charge on any atom is -0.376 e. The summed E-state index contributed by atoms with van der Waals surface area (Å²) in [4.78, 5) is 0.320. The zero-order chi connectivity index (χ0) is 18.0. The van der Waals surface area contributed by atoms with Crippen molar-refractivity contribution in [3.63, 3.8) is 0 Å². The standard InChI is InChI=1S/C20H23NO3S/c1-15-9-11-18(12-10-15)25(22,23)21-13-16(2)19(14-21)20(24-3)17-7-5-4-6-8-17/h4-12,19-20H,2,13-14H2,1,3H3/t19-,20-/m0/s1. The molecule has 4 nitrogen and oxygen atoms in total. The number of aryl methyl sites for hydroxylation is 1. The van der Waals surface area contributed by atoms with Crippen molar-refractivity contribution in [2.45, 2.75) is 17.9 Å². The molecule has 2 atom stereocenters. The fourth-order valence-electron chi connectivity index (χ4n) is 3.28. The van der Waals surface area contributed by atoms with Crippen LogP contribution in [0.4, 0.5) is 0 Å². The molecule has 0 bridgehead atoms. The van der Waals surface area contributed by atoms with E-state index in [-0.39, 0.29) is 12.0 Å². The molecular weight excluding hydrogens is 334 g/mol. The molecule has 1 aliphatic heterocycles. The third-order valence-electron chi connectivity index (χ3n) is 4.71. The number of nitrogens with zero attached hydrogens (tertiary/aromatic N) is 1. The molecule has 1 fully saturated rings. The molecule has 132 valence electrons. The van der Waals surface area contributed by atoms with Gasteiger partial charge >= 0.3 is 0 Å². The van der Waals surface area contributed by atoms with E-state index in [2.05, 4.69) is 6.58 Å². The predicted octanol–water partition coefficient (Wildman–Crippen LogP) is 3.56. The largest absolute Gasteiger partial charge is 0.376 e. The number of hydrogen-bond donors (Lipinski definition) is 0. The van der Waals surface area contributed by atoms with E-state index in [1.165, 1.54) is 4.31 Å². The summed E-state index contributed by atoms with van der Waals surface area (Å²) in [5, 5.41) is 0. The van der Waals surface area contributed by atoms with Crippen LogP contribution in [0.2, 0.25) is 0 Å². The van der Waals surface area contributed by atoms with Crippen LogP contribution in [-0.2, 0) is 14.8 Å². The van der Waals surface area contributed by atoms with Crippen LogP contribution in [0.1, 0.15) is 17.2 Å². The van der Waals surface area contributed by atoms with Crippen molar-refractivity contribution in [2.24, 2.45) is 5.92 Å². The zero-order valence-corrected chi connectivity index (χ0v) is 15.4. The second-order valence-electron chi connectivity index (χ2n) is 6.44. The average molecular weight is 357 g/mol. The summed E-state index contributed by atoms with van der Waals surface area (Å²) in [6, 6.07) is 16.8. The smallest absolute Gasteiger partial charge is 0.243 e. The van der Waals surface area contributed by atoms with Crippen molar-refractivity contribution in [2.75, 3.05) is 20.2 Å². The van der Waals surface area contributed by atoms with Crippen LogP contribution in [0.5, 0.6) is 0 Å². The number of benzene rings is 2. The van der Waals surface area contributed by atoms with E-state index in [1.54, 1.807) is 19.2 Å². The second kappa shape index (κ2) is 7.12. The maximum absolute atomic E-state index is 12.9. The molecular formula is C20H23NO3S. The van der Waals surface area contributed by atoms with E-state index < -0.39 is 10.0 Å². The summed E-state index contributed by atoms with van der Waals surface area (Å²) < 4.78 is 33.0. The minimum atomic E-state index is -3.53. The number of hydrogen-bond acceptors (Lipinski definition) is 3. The number of ether oxygens (including phenoxy) is 1. The van der Waals surface area contributed by atoms with Gasteiger partial charge < -0.3 is 4.74 Å². The molecule has 25 heavy (non-hydrogen) atoms. The van der Waals surface area contributed by atoms with Crippen LogP contribution < -0.4 is 0 Å². The highest BCUT2D eigenvalue weighted by molar-refractivity contribution is 7.89. The lowest BCUT2D eigenvalue weighted by molar-refractivity contribution is 0.0677. The minimum absolute atomic E-state index is 0.0624. The first-order valence-corrected chi connectivity index (χ1v) is 9.69. The Morgan fingerprint density at radius 1 is 1.12 bits per heavy atom. The summed E-state index contributed by atoms with van der Waals surface area (Å²) in [6.07, 6.45) is -0.202. The molecule has 1 heterocycles. The molecule has 0 amide bonds. The molecule has 0 saturated carbocycles. The Morgan fingerprint density at radius 3 is 2.36 bits per heavy atom. The molecule has 0 radical (unpaired) electrons. The van der Waals surface area contributed by atoms with Crippen molar-refractivity contribution in [1.29, 1.82) is 0 Å². The third kappa shape index (κ3) is 3.54. The molecule has 5 heteroatoms. The fourth-order valence-corrected chi connectivity index (χ4v) is 4.76. The Kier molecular flexibility index (Phi) is 5.08. The molecule has 0 spiro atoms. The van der Waals surface area contributed by atoms with Gasteiger partial charge in [0.05, 0.1) is 11.0 Å². The van der Waals surface area contributed by atoms with Crippen LogP contribution in [0.3, 0.4) is 0 Å². The molecule has 1 aliphatic rings. The molecule has 2 aromatic rings. The zero-order valence-electron chi connectivity index (χ0n) is 14.6. The van der Waals surface area contributed by atoms with Gasteiger partial charge in [-0.1, -0.05) is 60.2 Å². The van der Waals surface area contributed by atoms with Gasteiger partial charge in [-0.25, -0.2) is 8.42 Å². The topological polar surface area (TPSA) is 46.6 Å². The highest BCUT2D eigenvalue weighted by Crippen LogP contribution is 2.37. The monoisotopic (exact) mass is 357 g/mol. The molecule has 0 unspecified atom stereocenters. The van der Waals surface area contributed by atoms with Gasteiger partial charge in [-0.15, -0.1) is 0 Å². The SMILES string of the molecule is C=C1CN(S(=O)(=O)c2ccc(C)cc2)C[C@@H]1[C@@H](OC)c1ccccc1. The van der Waals surface area contributed by atoms with Gasteiger partial charge in [-0.05, 0) is 24.6 Å². The van der Waals surface area contributed by atoms with Gasteiger partial charge in [0.1, 0.15) is 0 Å². The Bertz CT molecular complexity index is 844. The van der Waals surface area contributed by atoms with E-state index in [0.717, 1.165) is 16.7 Å². The van der Waals surface area contributed by atoms with Gasteiger partial charge in [0.25, 0.3) is 0 Å². The molecule has 2 aromatic carbocycles. The average Bonchev–Trinajstić information content (AvgIpc) is 3.00. The Morgan fingerprint density at radius 2 is 1.76 bits per heavy atom. The van der Waals surface area contributed by atoms with Gasteiger partial charge in [-0.3, -0.25) is 0 Å². The first-order chi connectivity index (χ1) is 11.9. The van der Waals surface area contributed by atoms with Crippen LogP contribution >= 0.6 is 0 Å². The van der Waals surface area contributed by atoms with Crippen molar-refractivity contribution < 1.29 is 13.2 Å². The van der Waals surface area contributed by atoms with Gasteiger partial charge in [-0.2, -0.15) is 4.31 Å². The van der Waals surface area contributed by atoms with Gasteiger partial charge in [0.15, 0.2) is 0 Å². The second-order valence-corrected chi connectivity index (χ2v) is 8.38. The highest BCUT2D eigenvalue weighted by Gasteiger charge is 2.39. The molecule has 0 aliphatic carbocycles. The lowest BCUT2D eigenvalue weighted by atomic mass is 9.92. The Hall–Kier alpha value is -1.95. The van der Waals surface area contributed by atoms with Gasteiger partial charge in [0, 0.05) is 26.1 Å². The first kappa shape index (κ1) is 17.9. The van der Waals surface area contributed by atoms with Crippen LogP contribution in [0, 0.1) is 12.8 Å². The summed E-state index contributed by atoms with van der Waals surface area (Å²) in [5.41, 5.74) is 2.95. The van der Waals surface area contributed by atoms with E-state index in [4.69, 9.17) is 4.74 Å². The lowest BCUT2D eigenvalue weighted by Gasteiger charge is -2.23. The molecule has 1 saturated heterocycles. The maximum atomic E-state index is 12.9. The first-order valence-electron chi connectivity index (χ1n) is 8.25. The maximum Gasteiger partial charge on any atom is 0.243 e. The summed E-state index contributed by atoms with van der Waals surface area (Å²) in [7, 11) is -1.87. The fraction of sp³-hybridized carbons (Fsp3) is 0.300. The third-order valence-corrected chi connectivity index (χ3v) is 6.54. The highest BCUT2D eigenvalue weighted by atomic mass is 32.2. The van der Waals surface area contributed by atoms with E-state index >= 15 is 0 Å². The van der Waals surface area contributed by atoms with Crippen LogP contribution in [-0.4, -0.2) is 32.9 Å². The molecule has 0 aromatic heterocycles. The van der Waals surface area contributed by atoms with Gasteiger partial charge in [0.2, 0.25) is 10.0 Å². The Labute approximate surface area is 149 Å². The van der Waals surface area contributed by atoms with Crippen LogP contribution in [0.15, 0.2) is 71.6 Å². The number of methoxy groups -OCH3 is 1. The number of sulfonamides is 1. The van der Waals surface area contributed by atoms with E-state index in [0.29, 0.717) is 18.0 Å². The quantitative estimate of drug-likeness (QED) is 0.769. The number of rotatable bonds is 5. The normalized spacial score (nSPS) is 19.9. The molecule has 0 N–H and O–H groups in total. The Balaban J connectivity index is 1.85. The summed E-state index contributed by atoms with van der Waals surface area (Å²) in [6.45, 7) is 6.76.